The van der Waals surface area contributed by atoms with Crippen molar-refractivity contribution in [3.63, 3.8) is 0 Å². The van der Waals surface area contributed by atoms with Gasteiger partial charge in [-0.2, -0.15) is 0 Å². The first-order valence-electron chi connectivity index (χ1n) is 5.70. The maximum Gasteiger partial charge on any atom is 0.0616 e. The summed E-state index contributed by atoms with van der Waals surface area (Å²) >= 11 is 0. The first-order chi connectivity index (χ1) is 6.63. The van der Waals surface area contributed by atoms with E-state index < -0.39 is 0 Å². The van der Waals surface area contributed by atoms with E-state index >= 15 is 0 Å². The first-order valence-corrected chi connectivity index (χ1v) is 5.70. The van der Waals surface area contributed by atoms with Crippen LogP contribution in [-0.2, 0) is 4.74 Å². The van der Waals surface area contributed by atoms with E-state index in [1.807, 2.05) is 0 Å². The van der Waals surface area contributed by atoms with Crippen LogP contribution in [0.5, 0.6) is 0 Å². The summed E-state index contributed by atoms with van der Waals surface area (Å²) in [6, 6.07) is 0. The summed E-state index contributed by atoms with van der Waals surface area (Å²) in [6.45, 7) is 9.10. The molecule has 3 N–H and O–H groups in total. The second kappa shape index (κ2) is 5.10. The Hall–Kier alpha value is -0.120. The number of hydrogen-bond donors (Lipinski definition) is 2. The zero-order chi connectivity index (χ0) is 10.6. The molecule has 1 saturated heterocycles. The molecule has 0 spiro atoms. The third-order valence-electron chi connectivity index (χ3n) is 3.19. The molecule has 2 atom stereocenters. The number of nitrogens with one attached hydrogen (secondary N) is 1. The fourth-order valence-electron chi connectivity index (χ4n) is 2.17. The number of hydrogen-bond acceptors (Lipinski definition) is 3. The van der Waals surface area contributed by atoms with Gasteiger partial charge in [-0.15, -0.1) is 0 Å². The molecule has 3 heteroatoms. The Morgan fingerprint density at radius 2 is 2.29 bits per heavy atom. The zero-order valence-corrected chi connectivity index (χ0v) is 9.68. The van der Waals surface area contributed by atoms with Crippen molar-refractivity contribution in [2.45, 2.75) is 45.3 Å². The van der Waals surface area contributed by atoms with Gasteiger partial charge in [0.1, 0.15) is 0 Å². The summed E-state index contributed by atoms with van der Waals surface area (Å²) in [6.07, 6.45) is 2.46. The molecule has 1 heterocycles. The fourth-order valence-corrected chi connectivity index (χ4v) is 2.17. The predicted molar refractivity (Wildman–Crippen MR) is 59.3 cm³/mol. The maximum absolute atomic E-state index is 5.87. The van der Waals surface area contributed by atoms with Gasteiger partial charge in [-0.3, -0.25) is 0 Å². The topological polar surface area (TPSA) is 47.3 Å². The van der Waals surface area contributed by atoms with Crippen molar-refractivity contribution in [2.75, 3.05) is 19.7 Å². The van der Waals surface area contributed by atoms with Crippen LogP contribution in [-0.4, -0.2) is 31.3 Å². The van der Waals surface area contributed by atoms with E-state index in [0.29, 0.717) is 18.6 Å². The first kappa shape index (κ1) is 12.0. The Bertz CT molecular complexity index is 169. The number of likely N-dealkylation sites (N-methyl/N-ethyl adjacent to an activating group) is 1. The third kappa shape index (κ3) is 2.69. The van der Waals surface area contributed by atoms with Gasteiger partial charge in [-0.25, -0.2) is 0 Å². The van der Waals surface area contributed by atoms with Crippen molar-refractivity contribution < 1.29 is 4.74 Å². The van der Waals surface area contributed by atoms with Crippen LogP contribution in [0, 0.1) is 5.92 Å². The number of nitrogens with two attached hydrogens (primary N) is 1. The Morgan fingerprint density at radius 3 is 2.79 bits per heavy atom. The van der Waals surface area contributed by atoms with Crippen LogP contribution in [0.25, 0.3) is 0 Å². The van der Waals surface area contributed by atoms with Gasteiger partial charge < -0.3 is 15.8 Å². The van der Waals surface area contributed by atoms with E-state index in [4.69, 9.17) is 10.5 Å². The molecule has 1 aliphatic rings. The lowest BCUT2D eigenvalue weighted by Gasteiger charge is -2.42. The largest absolute Gasteiger partial charge is 0.378 e. The van der Waals surface area contributed by atoms with Crippen LogP contribution >= 0.6 is 0 Å². The van der Waals surface area contributed by atoms with Crippen molar-refractivity contribution in [1.82, 2.24) is 5.32 Å². The van der Waals surface area contributed by atoms with Gasteiger partial charge in [0.05, 0.1) is 6.10 Å². The van der Waals surface area contributed by atoms with E-state index in [1.54, 1.807) is 0 Å². The molecule has 0 aromatic carbocycles. The van der Waals surface area contributed by atoms with Crippen molar-refractivity contribution in [3.05, 3.63) is 0 Å². The molecule has 0 aromatic heterocycles. The summed E-state index contributed by atoms with van der Waals surface area (Å²) in [7, 11) is 0. The normalized spacial score (nSPS) is 33.6. The highest BCUT2D eigenvalue weighted by Crippen LogP contribution is 2.27. The molecule has 1 rings (SSSR count). The fraction of sp³-hybridized carbons (Fsp3) is 1.00. The summed E-state index contributed by atoms with van der Waals surface area (Å²) < 4.78 is 5.75. The van der Waals surface area contributed by atoms with Crippen LogP contribution in [0.3, 0.4) is 0 Å². The molecular weight excluding hydrogens is 176 g/mol. The van der Waals surface area contributed by atoms with E-state index in [-0.39, 0.29) is 5.54 Å². The minimum Gasteiger partial charge on any atom is -0.378 e. The lowest BCUT2D eigenvalue weighted by atomic mass is 9.83. The lowest BCUT2D eigenvalue weighted by molar-refractivity contribution is -0.0489. The molecule has 3 nitrogen and oxygen atoms in total. The van der Waals surface area contributed by atoms with Crippen molar-refractivity contribution in [1.29, 1.82) is 0 Å². The van der Waals surface area contributed by atoms with Gasteiger partial charge in [-0.1, -0.05) is 20.8 Å². The Labute approximate surface area is 87.4 Å². The molecule has 1 fully saturated rings. The van der Waals surface area contributed by atoms with Crippen LogP contribution in [0.2, 0.25) is 0 Å². The number of rotatable bonds is 4. The summed E-state index contributed by atoms with van der Waals surface area (Å²) in [5.74, 6) is 0.583. The average Bonchev–Trinajstić information content (AvgIpc) is 2.18. The highest BCUT2D eigenvalue weighted by molar-refractivity contribution is 4.94. The van der Waals surface area contributed by atoms with Gasteiger partial charge in [0.15, 0.2) is 0 Å². The van der Waals surface area contributed by atoms with Crippen molar-refractivity contribution in [3.8, 4) is 0 Å². The zero-order valence-electron chi connectivity index (χ0n) is 9.68. The van der Waals surface area contributed by atoms with Crippen molar-refractivity contribution >= 4 is 0 Å². The maximum atomic E-state index is 5.87. The highest BCUT2D eigenvalue weighted by atomic mass is 16.5. The molecule has 2 unspecified atom stereocenters. The smallest absolute Gasteiger partial charge is 0.0616 e. The monoisotopic (exact) mass is 200 g/mol. The Kier molecular flexibility index (Phi) is 4.35. The SMILES string of the molecule is CCNC1(CN)CCOC(C(C)C)C1. The minimum atomic E-state index is 0.127. The van der Waals surface area contributed by atoms with Gasteiger partial charge in [0.25, 0.3) is 0 Å². The molecule has 0 amide bonds. The molecule has 14 heavy (non-hydrogen) atoms. The van der Waals surface area contributed by atoms with E-state index in [0.717, 1.165) is 26.0 Å². The Morgan fingerprint density at radius 1 is 1.57 bits per heavy atom. The van der Waals surface area contributed by atoms with Crippen LogP contribution < -0.4 is 11.1 Å². The third-order valence-corrected chi connectivity index (χ3v) is 3.19. The molecule has 0 aliphatic carbocycles. The highest BCUT2D eigenvalue weighted by Gasteiger charge is 2.36. The van der Waals surface area contributed by atoms with Gasteiger partial charge in [0.2, 0.25) is 0 Å². The van der Waals surface area contributed by atoms with E-state index in [2.05, 4.69) is 26.1 Å². The Balaban J connectivity index is 2.59. The molecule has 0 radical (unpaired) electrons. The second-order valence-electron chi connectivity index (χ2n) is 4.62. The van der Waals surface area contributed by atoms with Gasteiger partial charge in [0, 0.05) is 18.7 Å². The van der Waals surface area contributed by atoms with Crippen LogP contribution in [0.1, 0.15) is 33.6 Å². The van der Waals surface area contributed by atoms with Crippen molar-refractivity contribution in [2.24, 2.45) is 11.7 Å². The molecule has 0 bridgehead atoms. The van der Waals surface area contributed by atoms with E-state index in [9.17, 15) is 0 Å². The summed E-state index contributed by atoms with van der Waals surface area (Å²) in [5.41, 5.74) is 6.00. The van der Waals surface area contributed by atoms with Gasteiger partial charge >= 0.3 is 0 Å². The quantitative estimate of drug-likeness (QED) is 0.715. The van der Waals surface area contributed by atoms with Crippen LogP contribution in [0.15, 0.2) is 0 Å². The summed E-state index contributed by atoms with van der Waals surface area (Å²) in [4.78, 5) is 0. The minimum absolute atomic E-state index is 0.127. The molecule has 84 valence electrons. The number of ether oxygens (including phenoxy) is 1. The van der Waals surface area contributed by atoms with Crippen LogP contribution in [0.4, 0.5) is 0 Å². The molecule has 0 saturated carbocycles. The standard InChI is InChI=1S/C11H24N2O/c1-4-13-11(8-12)5-6-14-10(7-11)9(2)3/h9-10,13H,4-8,12H2,1-3H3. The van der Waals surface area contributed by atoms with E-state index in [1.165, 1.54) is 0 Å². The average molecular weight is 200 g/mol. The predicted octanol–water partition coefficient (Wildman–Crippen LogP) is 1.13. The van der Waals surface area contributed by atoms with Gasteiger partial charge in [-0.05, 0) is 25.3 Å². The molecule has 1 aliphatic heterocycles. The molecular formula is C11H24N2O. The summed E-state index contributed by atoms with van der Waals surface area (Å²) in [5, 5.41) is 3.53. The second-order valence-corrected chi connectivity index (χ2v) is 4.62. The molecule has 0 aromatic rings. The lowest BCUT2D eigenvalue weighted by Crippen LogP contribution is -2.57.